The highest BCUT2D eigenvalue weighted by Crippen LogP contribution is 2.17. The van der Waals surface area contributed by atoms with Crippen molar-refractivity contribution in [3.63, 3.8) is 0 Å². The van der Waals surface area contributed by atoms with Crippen LogP contribution in [-0.4, -0.2) is 50.1 Å². The highest BCUT2D eigenvalue weighted by Gasteiger charge is 2.24. The van der Waals surface area contributed by atoms with Gasteiger partial charge in [0, 0.05) is 26.2 Å². The maximum atomic E-state index is 13.6. The summed E-state index contributed by atoms with van der Waals surface area (Å²) in [5.74, 6) is 1.25. The zero-order valence-electron chi connectivity index (χ0n) is 15.2. The molecule has 1 aromatic rings. The van der Waals surface area contributed by atoms with Gasteiger partial charge < -0.3 is 10.6 Å². The lowest BCUT2D eigenvalue weighted by Gasteiger charge is -2.31. The monoisotopic (exact) mass is 334 g/mol. The Bertz CT molecular complexity index is 524. The lowest BCUT2D eigenvalue weighted by Crippen LogP contribution is -2.48. The third-order valence-corrected chi connectivity index (χ3v) is 4.73. The van der Waals surface area contributed by atoms with E-state index in [2.05, 4.69) is 34.4 Å². The van der Waals surface area contributed by atoms with Crippen molar-refractivity contribution < 1.29 is 4.39 Å². The molecule has 0 spiro atoms. The van der Waals surface area contributed by atoms with Crippen LogP contribution >= 0.6 is 0 Å². The maximum absolute atomic E-state index is 13.6. The number of hydrogen-bond donors (Lipinski definition) is 2. The SMILES string of the molecule is CN=C(NCCc1ccccc1F)NCC(C(C)C)N1CCCC1. The van der Waals surface area contributed by atoms with Crippen LogP contribution in [0.3, 0.4) is 0 Å². The number of benzene rings is 1. The maximum Gasteiger partial charge on any atom is 0.191 e. The number of nitrogens with one attached hydrogen (secondary N) is 2. The van der Waals surface area contributed by atoms with Crippen molar-refractivity contribution in [1.29, 1.82) is 0 Å². The zero-order chi connectivity index (χ0) is 17.4. The van der Waals surface area contributed by atoms with Crippen molar-refractivity contribution in [3.05, 3.63) is 35.6 Å². The van der Waals surface area contributed by atoms with Gasteiger partial charge >= 0.3 is 0 Å². The Balaban J connectivity index is 1.78. The average Bonchev–Trinajstić information content (AvgIpc) is 3.09. The van der Waals surface area contributed by atoms with Gasteiger partial charge in [-0.2, -0.15) is 0 Å². The van der Waals surface area contributed by atoms with Gasteiger partial charge in [0.05, 0.1) is 0 Å². The molecule has 2 rings (SSSR count). The van der Waals surface area contributed by atoms with Crippen LogP contribution in [0.5, 0.6) is 0 Å². The average molecular weight is 334 g/mol. The van der Waals surface area contributed by atoms with Gasteiger partial charge in [-0.15, -0.1) is 0 Å². The first-order valence-electron chi connectivity index (χ1n) is 9.03. The summed E-state index contributed by atoms with van der Waals surface area (Å²) >= 11 is 0. The van der Waals surface area contributed by atoms with Gasteiger partial charge in [-0.3, -0.25) is 9.89 Å². The fraction of sp³-hybridized carbons (Fsp3) is 0.632. The second-order valence-electron chi connectivity index (χ2n) is 6.78. The van der Waals surface area contributed by atoms with Crippen molar-refractivity contribution in [2.75, 3.05) is 33.2 Å². The van der Waals surface area contributed by atoms with E-state index in [1.54, 1.807) is 13.1 Å². The molecule has 5 heteroatoms. The minimum Gasteiger partial charge on any atom is -0.356 e. The molecule has 0 saturated carbocycles. The van der Waals surface area contributed by atoms with Gasteiger partial charge in [0.1, 0.15) is 5.82 Å². The summed E-state index contributed by atoms with van der Waals surface area (Å²) in [7, 11) is 1.78. The lowest BCUT2D eigenvalue weighted by atomic mass is 10.0. The molecule has 1 aliphatic rings. The molecule has 1 saturated heterocycles. The summed E-state index contributed by atoms with van der Waals surface area (Å²) in [5.41, 5.74) is 0.734. The van der Waals surface area contributed by atoms with Gasteiger partial charge in [0.15, 0.2) is 5.96 Å². The summed E-state index contributed by atoms with van der Waals surface area (Å²) in [6.07, 6.45) is 3.25. The molecule has 1 unspecified atom stereocenters. The molecule has 2 N–H and O–H groups in total. The fourth-order valence-electron chi connectivity index (χ4n) is 3.30. The predicted octanol–water partition coefficient (Wildman–Crippen LogP) is 2.65. The molecule has 0 bridgehead atoms. The van der Waals surface area contributed by atoms with Crippen LogP contribution in [0, 0.1) is 11.7 Å². The largest absolute Gasteiger partial charge is 0.356 e. The van der Waals surface area contributed by atoms with E-state index >= 15 is 0 Å². The van der Waals surface area contributed by atoms with E-state index in [0.29, 0.717) is 24.9 Å². The molecule has 0 amide bonds. The number of halogens is 1. The van der Waals surface area contributed by atoms with E-state index in [1.807, 2.05) is 12.1 Å². The van der Waals surface area contributed by atoms with Gasteiger partial charge in [0.2, 0.25) is 0 Å². The van der Waals surface area contributed by atoms with Crippen LogP contribution < -0.4 is 10.6 Å². The summed E-state index contributed by atoms with van der Waals surface area (Å²) in [4.78, 5) is 6.86. The lowest BCUT2D eigenvalue weighted by molar-refractivity contribution is 0.192. The molecule has 0 radical (unpaired) electrons. The summed E-state index contributed by atoms with van der Waals surface area (Å²) < 4.78 is 13.6. The Morgan fingerprint density at radius 1 is 1.21 bits per heavy atom. The number of likely N-dealkylation sites (tertiary alicyclic amines) is 1. The second-order valence-corrected chi connectivity index (χ2v) is 6.78. The van der Waals surface area contributed by atoms with E-state index in [-0.39, 0.29) is 5.82 Å². The molecule has 1 atom stereocenters. The minimum absolute atomic E-state index is 0.142. The smallest absolute Gasteiger partial charge is 0.191 e. The third kappa shape index (κ3) is 5.48. The van der Waals surface area contributed by atoms with Crippen molar-refractivity contribution in [2.24, 2.45) is 10.9 Å². The topological polar surface area (TPSA) is 39.7 Å². The zero-order valence-corrected chi connectivity index (χ0v) is 15.2. The molecular weight excluding hydrogens is 303 g/mol. The van der Waals surface area contributed by atoms with Gasteiger partial charge in [-0.1, -0.05) is 32.0 Å². The first kappa shape index (κ1) is 18.7. The number of hydrogen-bond acceptors (Lipinski definition) is 2. The van der Waals surface area contributed by atoms with Gasteiger partial charge in [-0.05, 0) is 49.9 Å². The molecule has 1 heterocycles. The molecule has 1 fully saturated rings. The van der Waals surface area contributed by atoms with E-state index < -0.39 is 0 Å². The van der Waals surface area contributed by atoms with Gasteiger partial charge in [-0.25, -0.2) is 4.39 Å². The highest BCUT2D eigenvalue weighted by atomic mass is 19.1. The first-order chi connectivity index (χ1) is 11.6. The van der Waals surface area contributed by atoms with Crippen LogP contribution in [0.4, 0.5) is 4.39 Å². The van der Waals surface area contributed by atoms with Crippen LogP contribution in [0.2, 0.25) is 0 Å². The number of aliphatic imine (C=N–C) groups is 1. The van der Waals surface area contributed by atoms with Gasteiger partial charge in [0.25, 0.3) is 0 Å². The summed E-state index contributed by atoms with van der Waals surface area (Å²) in [6, 6.07) is 7.45. The number of nitrogens with zero attached hydrogens (tertiary/aromatic N) is 2. The molecule has 1 aliphatic heterocycles. The van der Waals surface area contributed by atoms with Crippen molar-refractivity contribution in [2.45, 2.75) is 39.2 Å². The van der Waals surface area contributed by atoms with E-state index in [1.165, 1.54) is 32.0 Å². The Labute approximate surface area is 145 Å². The number of guanidine groups is 1. The summed E-state index contributed by atoms with van der Waals surface area (Å²) in [5, 5.41) is 6.72. The predicted molar refractivity (Wildman–Crippen MR) is 98.9 cm³/mol. The summed E-state index contributed by atoms with van der Waals surface area (Å²) in [6.45, 7) is 8.50. The number of rotatable bonds is 7. The van der Waals surface area contributed by atoms with Crippen LogP contribution in [0.1, 0.15) is 32.3 Å². The van der Waals surface area contributed by atoms with Crippen LogP contribution in [0.25, 0.3) is 0 Å². The quantitative estimate of drug-likeness (QED) is 0.595. The molecule has 0 aliphatic carbocycles. The first-order valence-corrected chi connectivity index (χ1v) is 9.03. The van der Waals surface area contributed by atoms with E-state index in [0.717, 1.165) is 18.1 Å². The fourth-order valence-corrected chi connectivity index (χ4v) is 3.30. The van der Waals surface area contributed by atoms with Crippen molar-refractivity contribution >= 4 is 5.96 Å². The van der Waals surface area contributed by atoms with Crippen LogP contribution in [-0.2, 0) is 6.42 Å². The normalized spacial score (nSPS) is 17.3. The third-order valence-electron chi connectivity index (χ3n) is 4.73. The standard InChI is InChI=1S/C19H31FN4/c1-15(2)18(24-12-6-7-13-24)14-23-19(21-3)22-11-10-16-8-4-5-9-17(16)20/h4-5,8-9,15,18H,6-7,10-14H2,1-3H3,(H2,21,22,23). The Hall–Kier alpha value is -1.62. The van der Waals surface area contributed by atoms with Crippen molar-refractivity contribution in [1.82, 2.24) is 15.5 Å². The van der Waals surface area contributed by atoms with Crippen molar-refractivity contribution in [3.8, 4) is 0 Å². The van der Waals surface area contributed by atoms with E-state index in [4.69, 9.17) is 0 Å². The Morgan fingerprint density at radius 3 is 2.54 bits per heavy atom. The Morgan fingerprint density at radius 2 is 1.92 bits per heavy atom. The molecular formula is C19H31FN4. The minimum atomic E-state index is -0.142. The molecule has 4 nitrogen and oxygen atoms in total. The van der Waals surface area contributed by atoms with Crippen LogP contribution in [0.15, 0.2) is 29.3 Å². The van der Waals surface area contributed by atoms with E-state index in [9.17, 15) is 4.39 Å². The molecule has 0 aromatic heterocycles. The highest BCUT2D eigenvalue weighted by molar-refractivity contribution is 5.79. The second kappa shape index (κ2) is 9.62. The molecule has 1 aromatic carbocycles. The molecule has 24 heavy (non-hydrogen) atoms. The Kier molecular flexibility index (Phi) is 7.50. The molecule has 134 valence electrons.